The van der Waals surface area contributed by atoms with E-state index in [-0.39, 0.29) is 89.0 Å². The number of hydrogen-bond donors (Lipinski definition) is 0. The SMILES string of the molecule is CC1CN(C(=O)c2ccc(-c3c4nc(c(-c5ccc(C(=O)N6CC(C)OC(C)C6)cc5)c5[n-]c(cc5Br)c(-c5ccc(C(=O)N6CC(C)OC(C)C6)cc5)c5nc(c(-c6ccc(C(=O)N7CC(C)OC(C)C7)cc6)c6[n-]c3cc6Br)C=C5Br)C=C4Br)cc2)CC(C)O1.[Ni+2]. The first-order valence-corrected chi connectivity index (χ1v) is 34.3. The number of rotatable bonds is 8. The molecule has 7 aromatic rings. The van der Waals surface area contributed by atoms with Crippen LogP contribution in [0, 0.1) is 0 Å². The molecule has 3 aromatic heterocycles. The van der Waals surface area contributed by atoms with Crippen LogP contribution in [0.15, 0.2) is 118 Å². The fraction of sp³-hybridized carbons (Fsp3) is 0.333. The molecule has 0 N–H and O–H groups in total. The molecule has 16 nitrogen and oxygen atoms in total. The van der Waals surface area contributed by atoms with Crippen molar-refractivity contribution in [1.82, 2.24) is 39.5 Å². The van der Waals surface area contributed by atoms with E-state index in [9.17, 15) is 19.2 Å². The van der Waals surface area contributed by atoms with Crippen LogP contribution in [-0.4, -0.2) is 154 Å². The summed E-state index contributed by atoms with van der Waals surface area (Å²) in [5.74, 6) is -0.350. The first-order valence-electron chi connectivity index (χ1n) is 31.2. The van der Waals surface area contributed by atoms with Gasteiger partial charge in [-0.2, -0.15) is 0 Å². The van der Waals surface area contributed by atoms with E-state index in [1.807, 2.05) is 196 Å². The van der Waals surface area contributed by atoms with Gasteiger partial charge in [-0.1, -0.05) is 92.5 Å². The van der Waals surface area contributed by atoms with Crippen LogP contribution < -0.4 is 9.97 Å². The smallest absolute Gasteiger partial charge is 0.656 e. The molecule has 0 saturated carbocycles. The van der Waals surface area contributed by atoms with Gasteiger partial charge in [-0.3, -0.25) is 19.2 Å². The van der Waals surface area contributed by atoms with E-state index in [1.54, 1.807) is 0 Å². The van der Waals surface area contributed by atoms with Crippen LogP contribution in [-0.2, 0) is 35.4 Å². The summed E-state index contributed by atoms with van der Waals surface area (Å²) in [5.41, 5.74) is 12.3. The van der Waals surface area contributed by atoms with Gasteiger partial charge >= 0.3 is 16.5 Å². The molecule has 0 spiro atoms. The molecule has 4 fully saturated rings. The predicted octanol–water partition coefficient (Wildman–Crippen LogP) is 14.5. The van der Waals surface area contributed by atoms with Gasteiger partial charge in [0.05, 0.1) is 71.6 Å². The number of nitrogens with zero attached hydrogens (tertiary/aromatic N) is 8. The van der Waals surface area contributed by atoms with Crippen molar-refractivity contribution in [2.24, 2.45) is 0 Å². The van der Waals surface area contributed by atoms with Crippen LogP contribution in [0.1, 0.15) is 120 Å². The van der Waals surface area contributed by atoms with Crippen LogP contribution in [0.4, 0.5) is 0 Å². The Morgan fingerprint density at radius 2 is 0.602 bits per heavy atom. The molecule has 4 saturated heterocycles. The van der Waals surface area contributed by atoms with E-state index < -0.39 is 0 Å². The Bertz CT molecular complexity index is 4030. The van der Waals surface area contributed by atoms with E-state index in [0.29, 0.717) is 160 Å². The third-order valence-electron chi connectivity index (χ3n) is 17.4. The number of carbonyl (C=O) groups excluding carboxylic acids is 4. The average molecular weight is 1550 g/mol. The summed E-state index contributed by atoms with van der Waals surface area (Å²) >= 11 is 16.1. The second kappa shape index (κ2) is 27.4. The van der Waals surface area contributed by atoms with Gasteiger partial charge in [-0.05, 0) is 192 Å². The van der Waals surface area contributed by atoms with Gasteiger partial charge in [0, 0.05) is 92.5 Å². The van der Waals surface area contributed by atoms with Crippen molar-refractivity contribution in [2.45, 2.75) is 104 Å². The number of amides is 4. The van der Waals surface area contributed by atoms with Crippen molar-refractivity contribution in [3.05, 3.63) is 163 Å². The van der Waals surface area contributed by atoms with E-state index >= 15 is 0 Å². The molecule has 6 aliphatic rings. The third-order valence-corrected chi connectivity index (χ3v) is 19.8. The molecule has 93 heavy (non-hydrogen) atoms. The number of aromatic nitrogens is 4. The number of halogens is 4. The Hall–Kier alpha value is -6.39. The fourth-order valence-corrected chi connectivity index (χ4v) is 15.7. The Balaban J connectivity index is 0.00000832. The van der Waals surface area contributed by atoms with Gasteiger partial charge in [0.25, 0.3) is 23.6 Å². The van der Waals surface area contributed by atoms with Crippen LogP contribution >= 0.6 is 63.7 Å². The van der Waals surface area contributed by atoms with Crippen molar-refractivity contribution in [3.8, 4) is 44.5 Å². The molecule has 0 radical (unpaired) electrons. The minimum absolute atomic E-state index is 0. The number of fused-ring (bicyclic) bond motifs is 8. The first kappa shape index (κ1) is 66.6. The zero-order valence-corrected chi connectivity index (χ0v) is 59.8. The largest absolute Gasteiger partial charge is 2.00 e. The second-order valence-electron chi connectivity index (χ2n) is 25.0. The summed E-state index contributed by atoms with van der Waals surface area (Å²) in [6.45, 7) is 19.7. The van der Waals surface area contributed by atoms with Crippen LogP contribution in [0.2, 0.25) is 0 Å². The molecule has 8 atom stereocenters. The third kappa shape index (κ3) is 13.6. The number of hydrogen-bond acceptors (Lipinski definition) is 10. The monoisotopic (exact) mass is 1550 g/mol. The molecule has 6 aliphatic heterocycles. The molecule has 8 unspecified atom stereocenters. The van der Waals surface area contributed by atoms with Gasteiger partial charge < -0.3 is 48.5 Å². The summed E-state index contributed by atoms with van der Waals surface area (Å²) in [6.07, 6.45) is 3.14. The van der Waals surface area contributed by atoms with Crippen molar-refractivity contribution < 1.29 is 54.6 Å². The first-order chi connectivity index (χ1) is 44.1. The Morgan fingerprint density at radius 1 is 0.376 bits per heavy atom. The van der Waals surface area contributed by atoms with Gasteiger partial charge in [0.2, 0.25) is 0 Å². The molecule has 9 heterocycles. The Labute approximate surface area is 584 Å². The summed E-state index contributed by atoms with van der Waals surface area (Å²) in [6, 6.07) is 34.3. The van der Waals surface area contributed by atoms with Crippen LogP contribution in [0.25, 0.3) is 87.7 Å². The van der Waals surface area contributed by atoms with Crippen molar-refractivity contribution in [3.63, 3.8) is 0 Å². The summed E-state index contributed by atoms with van der Waals surface area (Å²) in [7, 11) is 0. The van der Waals surface area contributed by atoms with E-state index in [1.165, 1.54) is 0 Å². The number of ether oxygens (including phenoxy) is 4. The van der Waals surface area contributed by atoms with Gasteiger partial charge in [0.15, 0.2) is 0 Å². The van der Waals surface area contributed by atoms with E-state index in [4.69, 9.17) is 38.9 Å². The zero-order chi connectivity index (χ0) is 64.5. The zero-order valence-electron chi connectivity index (χ0n) is 52.5. The van der Waals surface area contributed by atoms with E-state index in [2.05, 4.69) is 63.7 Å². The Kier molecular flexibility index (Phi) is 19.6. The van der Waals surface area contributed by atoms with Crippen molar-refractivity contribution in [2.75, 3.05) is 52.4 Å². The van der Waals surface area contributed by atoms with Crippen LogP contribution in [0.3, 0.4) is 0 Å². The maximum Gasteiger partial charge on any atom is 2.00 e. The molecule has 13 rings (SSSR count). The quantitative estimate of drug-likeness (QED) is 0.132. The molecule has 8 bridgehead atoms. The number of morpholine rings is 4. The van der Waals surface area contributed by atoms with Crippen molar-refractivity contribution in [1.29, 1.82) is 0 Å². The maximum atomic E-state index is 14.2. The molecule has 4 amide bonds. The van der Waals surface area contributed by atoms with Gasteiger partial charge in [-0.25, -0.2) is 9.97 Å². The average Bonchev–Trinajstić information content (AvgIpc) is 1.88. The normalized spacial score (nSPS) is 22.5. The minimum Gasteiger partial charge on any atom is -0.656 e. The molecule has 0 aliphatic carbocycles. The summed E-state index contributed by atoms with van der Waals surface area (Å²) in [5, 5.41) is 0. The molecular weight excluding hydrogens is 1480 g/mol. The number of carbonyl (C=O) groups is 4. The second-order valence-corrected chi connectivity index (χ2v) is 28.4. The summed E-state index contributed by atoms with van der Waals surface area (Å²) < 4.78 is 26.6. The molecule has 482 valence electrons. The molecule has 4 aromatic carbocycles. The Morgan fingerprint density at radius 3 is 0.839 bits per heavy atom. The fourth-order valence-electron chi connectivity index (χ4n) is 13.6. The van der Waals surface area contributed by atoms with Crippen molar-refractivity contribution >= 4 is 131 Å². The minimum atomic E-state index is -0.103. The maximum absolute atomic E-state index is 14.2. The van der Waals surface area contributed by atoms with E-state index in [0.717, 1.165) is 22.3 Å². The molecular formula is C72H68Br4N8NiO8. The van der Waals surface area contributed by atoms with Gasteiger partial charge in [0.1, 0.15) is 0 Å². The molecule has 21 heteroatoms. The van der Waals surface area contributed by atoms with Gasteiger partial charge in [-0.15, -0.1) is 22.1 Å². The number of benzene rings is 4. The van der Waals surface area contributed by atoms with Crippen LogP contribution in [0.5, 0.6) is 0 Å². The predicted molar refractivity (Wildman–Crippen MR) is 373 cm³/mol. The topological polar surface area (TPSA) is 172 Å². The summed E-state index contributed by atoms with van der Waals surface area (Å²) in [4.78, 5) is 86.6. The standard InChI is InChI=1S/C72H69Br4N8O8.Ni/c1-37-29-81(30-38(2)89-37)69(85)49-17-9-45(10-18-49)61-57-25-54(74)66(77-57)63(47-13-21-51(22-14-47)71(87)83-33-41(5)91-42(6)34-83)59-27-56(76)68(79-59)64(48-15-23-52(24-16-48)72(88)84-35-43(7)92-44(8)36-84)60-28-55(75)67(80-60)62(58-26-53(73)65(61)78-58)46-11-19-50(20-12-46)70(86)82-31-39(3)90-40(4)32-82;/h9-28,37-44H,29-36H2,1-8H3,(H-,77,78,79,80,85,86,87,88);/q-1;+2/p-1.